The molecule has 0 amide bonds. The second kappa shape index (κ2) is 11.7. The van der Waals surface area contributed by atoms with E-state index in [2.05, 4.69) is 32.7 Å². The Balaban J connectivity index is 0.00000264. The Morgan fingerprint density at radius 3 is 2.57 bits per heavy atom. The second-order valence-electron chi connectivity index (χ2n) is 4.91. The van der Waals surface area contributed by atoms with E-state index in [0.717, 1.165) is 37.3 Å². The summed E-state index contributed by atoms with van der Waals surface area (Å²) in [4.78, 5) is 8.57. The number of nitrogens with one attached hydrogen (secondary N) is 2. The Hall–Kier alpha value is -1.83. The number of halogens is 1. The highest BCUT2D eigenvalue weighted by atomic mass is 127. The molecule has 1 heterocycles. The summed E-state index contributed by atoms with van der Waals surface area (Å²) in [6, 6.07) is 16.0. The van der Waals surface area contributed by atoms with Gasteiger partial charge in [-0.2, -0.15) is 0 Å². The maximum Gasteiger partial charge on any atom is 0.188 e. The molecular weight excluding hydrogens is 401 g/mol. The highest BCUT2D eigenvalue weighted by molar-refractivity contribution is 14.0. The van der Waals surface area contributed by atoms with Crippen LogP contribution in [0.5, 0.6) is 0 Å². The molecule has 4 N–H and O–H groups in total. The number of nitrogens with zero attached hydrogens (tertiary/aromatic N) is 2. The second-order valence-corrected chi connectivity index (χ2v) is 4.91. The number of aliphatic imine (C=N–C) groups is 1. The Morgan fingerprint density at radius 2 is 1.83 bits per heavy atom. The summed E-state index contributed by atoms with van der Waals surface area (Å²) < 4.78 is 0. The smallest absolute Gasteiger partial charge is 0.188 e. The van der Waals surface area contributed by atoms with Crippen molar-refractivity contribution in [2.45, 2.75) is 12.8 Å². The third-order valence-electron chi connectivity index (χ3n) is 3.13. The van der Waals surface area contributed by atoms with Crippen molar-refractivity contribution in [3.8, 4) is 0 Å². The lowest BCUT2D eigenvalue weighted by Crippen LogP contribution is -2.33. The third kappa shape index (κ3) is 8.39. The highest BCUT2D eigenvalue weighted by Gasteiger charge is 1.95. The van der Waals surface area contributed by atoms with Crippen LogP contribution in [0.4, 0.5) is 5.69 Å². The summed E-state index contributed by atoms with van der Waals surface area (Å²) in [5, 5.41) is 6.45. The van der Waals surface area contributed by atoms with Crippen LogP contribution in [0.25, 0.3) is 0 Å². The Kier molecular flexibility index (Phi) is 9.78. The summed E-state index contributed by atoms with van der Waals surface area (Å²) in [7, 11) is 0. The fourth-order valence-electron chi connectivity index (χ4n) is 1.99. The number of guanidine groups is 1. The molecule has 0 aliphatic rings. The van der Waals surface area contributed by atoms with E-state index in [0.29, 0.717) is 12.5 Å². The van der Waals surface area contributed by atoms with Crippen LogP contribution in [0.3, 0.4) is 0 Å². The molecular formula is C17H24IN5. The minimum absolute atomic E-state index is 0. The van der Waals surface area contributed by atoms with Gasteiger partial charge in [0.2, 0.25) is 0 Å². The van der Waals surface area contributed by atoms with Crippen molar-refractivity contribution < 1.29 is 0 Å². The maximum absolute atomic E-state index is 5.83. The van der Waals surface area contributed by atoms with Crippen molar-refractivity contribution in [2.24, 2.45) is 10.7 Å². The van der Waals surface area contributed by atoms with Gasteiger partial charge in [-0.3, -0.25) is 9.98 Å². The summed E-state index contributed by atoms with van der Waals surface area (Å²) in [6.07, 6.45) is 3.58. The fraction of sp³-hybridized carbons (Fsp3) is 0.294. The topological polar surface area (TPSA) is 75.3 Å². The number of hydrogen-bond donors (Lipinski definition) is 3. The molecule has 0 unspecified atom stereocenters. The molecule has 0 bridgehead atoms. The van der Waals surface area contributed by atoms with Crippen LogP contribution in [0.1, 0.15) is 12.1 Å². The summed E-state index contributed by atoms with van der Waals surface area (Å²) in [6.45, 7) is 2.34. The quantitative estimate of drug-likeness (QED) is 0.263. The van der Waals surface area contributed by atoms with Crippen LogP contribution >= 0.6 is 24.0 Å². The number of para-hydroxylation sites is 1. The van der Waals surface area contributed by atoms with Gasteiger partial charge in [-0.15, -0.1) is 24.0 Å². The molecule has 0 fully saturated rings. The SMILES string of the molecule is I.NC(=NCCCNc1ccccc1)NCCc1ccccn1. The number of benzene rings is 1. The van der Waals surface area contributed by atoms with Gasteiger partial charge >= 0.3 is 0 Å². The van der Waals surface area contributed by atoms with Crippen LogP contribution in [0, 0.1) is 0 Å². The molecule has 0 spiro atoms. The lowest BCUT2D eigenvalue weighted by atomic mass is 10.3. The van der Waals surface area contributed by atoms with Gasteiger partial charge in [0.25, 0.3) is 0 Å². The number of anilines is 1. The third-order valence-corrected chi connectivity index (χ3v) is 3.13. The van der Waals surface area contributed by atoms with Gasteiger partial charge in [0.1, 0.15) is 0 Å². The Bertz CT molecular complexity index is 560. The lowest BCUT2D eigenvalue weighted by Gasteiger charge is -2.06. The minimum atomic E-state index is 0. The van der Waals surface area contributed by atoms with E-state index < -0.39 is 0 Å². The number of pyridine rings is 1. The zero-order chi connectivity index (χ0) is 15.5. The zero-order valence-corrected chi connectivity index (χ0v) is 15.4. The molecule has 1 aromatic carbocycles. The molecule has 0 aliphatic heterocycles. The molecule has 23 heavy (non-hydrogen) atoms. The monoisotopic (exact) mass is 425 g/mol. The number of rotatable bonds is 8. The van der Waals surface area contributed by atoms with Gasteiger partial charge in [0.15, 0.2) is 5.96 Å². The van der Waals surface area contributed by atoms with Gasteiger partial charge in [0.05, 0.1) is 0 Å². The van der Waals surface area contributed by atoms with E-state index >= 15 is 0 Å². The summed E-state index contributed by atoms with van der Waals surface area (Å²) in [5.74, 6) is 0.496. The number of aromatic nitrogens is 1. The van der Waals surface area contributed by atoms with Crippen molar-refractivity contribution in [1.82, 2.24) is 10.3 Å². The molecule has 0 radical (unpaired) electrons. The van der Waals surface area contributed by atoms with Crippen LogP contribution in [-0.2, 0) is 6.42 Å². The molecule has 6 heteroatoms. The van der Waals surface area contributed by atoms with E-state index in [1.165, 1.54) is 0 Å². The van der Waals surface area contributed by atoms with Gasteiger partial charge in [0, 0.05) is 43.6 Å². The van der Waals surface area contributed by atoms with E-state index in [-0.39, 0.29) is 24.0 Å². The molecule has 2 rings (SSSR count). The van der Waals surface area contributed by atoms with Gasteiger partial charge < -0.3 is 16.4 Å². The molecule has 0 atom stereocenters. The molecule has 0 aliphatic carbocycles. The van der Waals surface area contributed by atoms with Crippen LogP contribution in [-0.4, -0.2) is 30.6 Å². The minimum Gasteiger partial charge on any atom is -0.385 e. The first kappa shape index (κ1) is 19.2. The first-order valence-electron chi connectivity index (χ1n) is 7.57. The normalized spacial score (nSPS) is 10.7. The highest BCUT2D eigenvalue weighted by Crippen LogP contribution is 2.04. The number of hydrogen-bond acceptors (Lipinski definition) is 3. The van der Waals surface area contributed by atoms with E-state index in [1.54, 1.807) is 6.20 Å². The summed E-state index contributed by atoms with van der Waals surface area (Å²) in [5.41, 5.74) is 8.01. The van der Waals surface area contributed by atoms with Crippen molar-refractivity contribution >= 4 is 35.6 Å². The molecule has 5 nitrogen and oxygen atoms in total. The Labute approximate surface area is 154 Å². The average Bonchev–Trinajstić information content (AvgIpc) is 2.56. The van der Waals surface area contributed by atoms with Gasteiger partial charge in [-0.25, -0.2) is 0 Å². The van der Waals surface area contributed by atoms with Crippen molar-refractivity contribution in [2.75, 3.05) is 25.0 Å². The van der Waals surface area contributed by atoms with E-state index in [9.17, 15) is 0 Å². The molecule has 0 saturated heterocycles. The molecule has 0 saturated carbocycles. The zero-order valence-electron chi connectivity index (χ0n) is 13.1. The number of nitrogens with two attached hydrogens (primary N) is 1. The first-order chi connectivity index (χ1) is 10.8. The van der Waals surface area contributed by atoms with Crippen LogP contribution in [0.15, 0.2) is 59.7 Å². The van der Waals surface area contributed by atoms with Crippen LogP contribution < -0.4 is 16.4 Å². The van der Waals surface area contributed by atoms with E-state index in [1.807, 2.05) is 36.4 Å². The summed E-state index contributed by atoms with van der Waals surface area (Å²) >= 11 is 0. The maximum atomic E-state index is 5.83. The molecule has 124 valence electrons. The predicted octanol–water partition coefficient (Wildman–Crippen LogP) is 2.65. The first-order valence-corrected chi connectivity index (χ1v) is 7.57. The van der Waals surface area contributed by atoms with Crippen molar-refractivity contribution in [3.63, 3.8) is 0 Å². The van der Waals surface area contributed by atoms with Gasteiger partial charge in [-0.05, 0) is 30.7 Å². The van der Waals surface area contributed by atoms with Crippen molar-refractivity contribution in [3.05, 3.63) is 60.4 Å². The molecule has 1 aromatic heterocycles. The van der Waals surface area contributed by atoms with Crippen LogP contribution in [0.2, 0.25) is 0 Å². The van der Waals surface area contributed by atoms with Crippen molar-refractivity contribution in [1.29, 1.82) is 0 Å². The van der Waals surface area contributed by atoms with E-state index in [4.69, 9.17) is 5.73 Å². The predicted molar refractivity (Wildman–Crippen MR) is 107 cm³/mol. The van der Waals surface area contributed by atoms with Gasteiger partial charge in [-0.1, -0.05) is 24.3 Å². The average molecular weight is 425 g/mol. The fourth-order valence-corrected chi connectivity index (χ4v) is 1.99. The lowest BCUT2D eigenvalue weighted by molar-refractivity contribution is 0.815. The Morgan fingerprint density at radius 1 is 1.04 bits per heavy atom. The standard InChI is InChI=1S/C17H23N5.HI/c18-17(22-14-10-16-9-4-5-11-19-16)21-13-6-12-20-15-7-2-1-3-8-15;/h1-5,7-9,11,20H,6,10,12-14H2,(H3,18,21,22);1H. The largest absolute Gasteiger partial charge is 0.385 e. The molecule has 2 aromatic rings.